The van der Waals surface area contributed by atoms with Crippen LogP contribution in [-0.2, 0) is 39.0 Å². The molecule has 6 aromatic rings. The number of benzene rings is 4. The zero-order chi connectivity index (χ0) is 33.3. The van der Waals surface area contributed by atoms with Gasteiger partial charge in [-0.05, 0) is 59.8 Å². The molecule has 50 heavy (non-hydrogen) atoms. The maximum atomic E-state index is 2.65. The van der Waals surface area contributed by atoms with Crippen molar-refractivity contribution in [1.82, 2.24) is 0 Å². The number of rotatable bonds is 12. The number of aryl methyl sites for hydroxylation is 2. The molecular formula is C46H54Cl2SiZr. The molecule has 0 heterocycles. The standard InChI is InChI=1S/C46H54Si.2ClH.Zr/c1-9-15-39-29-37-17-13-19-41(35-25-21-33(22-26-35)31(5)11-3)43(37)45(39)47(7,8)46-40(16-10-2)30-38-18-14-20-42(44(38)46)36-27-23-34(24-28-36)32(6)12-4;;;/h13-14,17-32H,9-12,15-16H2,1-8H3;2*1H;/q-2;;;+4/p-2. The first kappa shape index (κ1) is 42.2. The Kier molecular flexibility index (Phi) is 15.2. The smallest absolute Gasteiger partial charge is 1.00 e. The second kappa shape index (κ2) is 18.0. The largest absolute Gasteiger partial charge is 4.00 e. The number of hydrogen-bond acceptors (Lipinski definition) is 0. The van der Waals surface area contributed by atoms with E-state index in [2.05, 4.69) is 152 Å². The summed E-state index contributed by atoms with van der Waals surface area (Å²) in [4.78, 5) is 0. The Labute approximate surface area is 335 Å². The van der Waals surface area contributed by atoms with Crippen LogP contribution in [0.3, 0.4) is 0 Å². The minimum atomic E-state index is -2.24. The van der Waals surface area contributed by atoms with Crippen LogP contribution in [0.25, 0.3) is 43.8 Å². The average Bonchev–Trinajstić information content (AvgIpc) is 3.67. The van der Waals surface area contributed by atoms with Crippen LogP contribution in [0.15, 0.2) is 97.1 Å². The fourth-order valence-electron chi connectivity index (χ4n) is 8.20. The van der Waals surface area contributed by atoms with Gasteiger partial charge in [0, 0.05) is 8.07 Å². The maximum absolute atomic E-state index is 2.65. The summed E-state index contributed by atoms with van der Waals surface area (Å²) in [6.45, 7) is 19.2. The van der Waals surface area contributed by atoms with Crippen molar-refractivity contribution in [3.05, 3.63) is 119 Å². The van der Waals surface area contributed by atoms with Crippen LogP contribution in [0.1, 0.15) is 101 Å². The average molecular weight is 797 g/mol. The first-order valence-electron chi connectivity index (χ1n) is 18.4. The molecule has 0 fully saturated rings. The molecule has 260 valence electrons. The molecule has 0 nitrogen and oxygen atoms in total. The Morgan fingerprint density at radius 3 is 1.22 bits per heavy atom. The summed E-state index contributed by atoms with van der Waals surface area (Å²) in [5, 5.41) is 9.11. The van der Waals surface area contributed by atoms with E-state index in [0.29, 0.717) is 11.8 Å². The SMILES string of the molecule is CCCc1[cH-]c2cccc(-c3ccc(C(C)CC)cc3)c2c1[Si](C)(C)c1c(CCC)[cH-]c2cccc(-c3ccc(C(C)CC)cc3)c12.[Cl-].[Cl-].[Zr+4]. The van der Waals surface area contributed by atoms with Gasteiger partial charge in [-0.25, -0.2) is 0 Å². The zero-order valence-corrected chi connectivity index (χ0v) is 36.4. The molecule has 0 aliphatic heterocycles. The molecule has 2 unspecified atom stereocenters. The molecule has 6 rings (SSSR count). The van der Waals surface area contributed by atoms with Crippen molar-refractivity contribution in [2.45, 2.75) is 105 Å². The van der Waals surface area contributed by atoms with Crippen LogP contribution in [-0.4, -0.2) is 8.07 Å². The van der Waals surface area contributed by atoms with E-state index in [-0.39, 0.29) is 51.0 Å². The van der Waals surface area contributed by atoms with Crippen molar-refractivity contribution in [3.8, 4) is 22.3 Å². The summed E-state index contributed by atoms with van der Waals surface area (Å²) < 4.78 is 0. The molecule has 0 saturated heterocycles. The van der Waals surface area contributed by atoms with Gasteiger partial charge in [0.25, 0.3) is 0 Å². The van der Waals surface area contributed by atoms with Crippen molar-refractivity contribution < 1.29 is 51.0 Å². The predicted octanol–water partition coefficient (Wildman–Crippen LogP) is 6.52. The van der Waals surface area contributed by atoms with Gasteiger partial charge in [-0.15, -0.1) is 69.1 Å². The van der Waals surface area contributed by atoms with Gasteiger partial charge in [-0.2, -0.15) is 10.4 Å². The van der Waals surface area contributed by atoms with Gasteiger partial charge in [0.2, 0.25) is 0 Å². The Hall–Kier alpha value is -2.22. The van der Waals surface area contributed by atoms with E-state index >= 15 is 0 Å². The molecule has 0 bridgehead atoms. The fourth-order valence-corrected chi connectivity index (χ4v) is 12.3. The van der Waals surface area contributed by atoms with Crippen molar-refractivity contribution >= 4 is 40.0 Å². The molecular weight excluding hydrogens is 743 g/mol. The second-order valence-corrected chi connectivity index (χ2v) is 18.9. The third-order valence-corrected chi connectivity index (χ3v) is 14.7. The van der Waals surface area contributed by atoms with E-state index in [0.717, 1.165) is 25.7 Å². The van der Waals surface area contributed by atoms with Crippen LogP contribution in [0.4, 0.5) is 0 Å². The summed E-state index contributed by atoms with van der Waals surface area (Å²) in [5.41, 5.74) is 11.5. The molecule has 0 radical (unpaired) electrons. The Morgan fingerprint density at radius 2 is 0.900 bits per heavy atom. The van der Waals surface area contributed by atoms with Gasteiger partial charge in [0.1, 0.15) is 0 Å². The quantitative estimate of drug-likeness (QED) is 0.0978. The number of halogens is 2. The van der Waals surface area contributed by atoms with E-state index in [1.54, 1.807) is 21.5 Å². The van der Waals surface area contributed by atoms with Gasteiger partial charge >= 0.3 is 26.2 Å². The minimum Gasteiger partial charge on any atom is -1.00 e. The molecule has 0 saturated carbocycles. The van der Waals surface area contributed by atoms with Gasteiger partial charge in [-0.1, -0.05) is 139 Å². The van der Waals surface area contributed by atoms with Crippen LogP contribution in [0.2, 0.25) is 13.1 Å². The van der Waals surface area contributed by atoms with Crippen molar-refractivity contribution in [1.29, 1.82) is 0 Å². The molecule has 0 aromatic heterocycles. The fraction of sp³-hybridized carbons (Fsp3) is 0.348. The first-order chi connectivity index (χ1) is 22.7. The Morgan fingerprint density at radius 1 is 0.540 bits per heavy atom. The van der Waals surface area contributed by atoms with Crippen LogP contribution >= 0.6 is 0 Å². The van der Waals surface area contributed by atoms with E-state index in [1.165, 1.54) is 67.8 Å². The van der Waals surface area contributed by atoms with Crippen LogP contribution < -0.4 is 35.2 Å². The predicted molar refractivity (Wildman–Crippen MR) is 212 cm³/mol. The third kappa shape index (κ3) is 7.90. The molecule has 0 aliphatic carbocycles. The number of fused-ring (bicyclic) bond motifs is 2. The Bertz CT molecular complexity index is 1830. The summed E-state index contributed by atoms with van der Waals surface area (Å²) in [6, 6.07) is 38.1. The maximum Gasteiger partial charge on any atom is 4.00 e. The van der Waals surface area contributed by atoms with Gasteiger partial charge in [0.15, 0.2) is 0 Å². The zero-order valence-electron chi connectivity index (χ0n) is 31.4. The van der Waals surface area contributed by atoms with E-state index in [4.69, 9.17) is 0 Å². The van der Waals surface area contributed by atoms with E-state index in [1.807, 2.05) is 0 Å². The normalized spacial score (nSPS) is 12.6. The molecule has 0 amide bonds. The third-order valence-electron chi connectivity index (χ3n) is 11.1. The van der Waals surface area contributed by atoms with Crippen molar-refractivity contribution in [2.75, 3.05) is 0 Å². The van der Waals surface area contributed by atoms with Crippen LogP contribution in [0.5, 0.6) is 0 Å². The van der Waals surface area contributed by atoms with Crippen LogP contribution in [0, 0.1) is 0 Å². The minimum absolute atomic E-state index is 0. The first-order valence-corrected chi connectivity index (χ1v) is 21.4. The molecule has 0 aliphatic rings. The summed E-state index contributed by atoms with van der Waals surface area (Å²) >= 11 is 0. The van der Waals surface area contributed by atoms with Gasteiger partial charge in [-0.3, -0.25) is 0 Å². The Balaban J connectivity index is 0.00000225. The topological polar surface area (TPSA) is 0 Å². The molecule has 0 spiro atoms. The van der Waals surface area contributed by atoms with Crippen molar-refractivity contribution in [2.24, 2.45) is 0 Å². The molecule has 0 N–H and O–H groups in total. The molecule has 4 heteroatoms. The molecule has 6 aromatic carbocycles. The van der Waals surface area contributed by atoms with Gasteiger partial charge < -0.3 is 24.8 Å². The van der Waals surface area contributed by atoms with Crippen molar-refractivity contribution in [3.63, 3.8) is 0 Å². The summed E-state index contributed by atoms with van der Waals surface area (Å²) in [7, 11) is -2.24. The summed E-state index contributed by atoms with van der Waals surface area (Å²) in [5.74, 6) is 1.17. The molecule has 2 atom stereocenters. The van der Waals surface area contributed by atoms with Gasteiger partial charge in [0.05, 0.1) is 0 Å². The summed E-state index contributed by atoms with van der Waals surface area (Å²) in [6.07, 6.45) is 6.89. The van der Waals surface area contributed by atoms with E-state index in [9.17, 15) is 0 Å². The second-order valence-electron chi connectivity index (χ2n) is 14.6. The van der Waals surface area contributed by atoms with E-state index < -0.39 is 8.07 Å². The monoisotopic (exact) mass is 794 g/mol. The number of hydrogen-bond donors (Lipinski definition) is 0.